The van der Waals surface area contributed by atoms with E-state index in [1.165, 1.54) is 37.1 Å². The van der Waals surface area contributed by atoms with E-state index in [4.69, 9.17) is 0 Å². The van der Waals surface area contributed by atoms with Crippen molar-refractivity contribution in [1.29, 1.82) is 0 Å². The molecule has 0 spiro atoms. The number of methoxy groups -OCH3 is 1. The fourth-order valence-corrected chi connectivity index (χ4v) is 2.76. The van der Waals surface area contributed by atoms with Crippen LogP contribution in [0.5, 0.6) is 5.75 Å². The van der Waals surface area contributed by atoms with Crippen molar-refractivity contribution in [2.75, 3.05) is 17.7 Å². The molecule has 0 aliphatic carbocycles. The molecule has 1 amide bonds. The van der Waals surface area contributed by atoms with Gasteiger partial charge in [-0.2, -0.15) is 0 Å². The quantitative estimate of drug-likeness (QED) is 0.437. The Balaban J connectivity index is 1.66. The van der Waals surface area contributed by atoms with Crippen LogP contribution < -0.4 is 10.6 Å². The van der Waals surface area contributed by atoms with Crippen LogP contribution in [-0.4, -0.2) is 29.1 Å². The Hall–Kier alpha value is -3.87. The zero-order chi connectivity index (χ0) is 20.8. The fourth-order valence-electron chi connectivity index (χ4n) is 2.76. The number of carbonyl (C=O) groups is 2. The van der Waals surface area contributed by atoms with Gasteiger partial charge in [-0.1, -0.05) is 35.9 Å². The first kappa shape index (κ1) is 19.9. The standard InChI is InChI=1S/C22H21N3O4/c1-14-5-3-6-15(11-14)12-23-19-10-9-16(13-24-19)21(27)25-18-8-4-7-17(20(18)26)22(28)29-2/h3-11,13,26H,12H2,1-2H3,(H,23,24)(H,25,27). The Kier molecular flexibility index (Phi) is 6.09. The maximum atomic E-state index is 12.4. The molecule has 148 valence electrons. The summed E-state index contributed by atoms with van der Waals surface area (Å²) >= 11 is 0. The Morgan fingerprint density at radius 2 is 1.90 bits per heavy atom. The van der Waals surface area contributed by atoms with E-state index in [0.29, 0.717) is 17.9 Å². The SMILES string of the molecule is COC(=O)c1cccc(NC(=O)c2ccc(NCc3cccc(C)c3)nc2)c1O. The second kappa shape index (κ2) is 8.88. The highest BCUT2D eigenvalue weighted by Crippen LogP contribution is 2.28. The van der Waals surface area contributed by atoms with Gasteiger partial charge in [-0.3, -0.25) is 4.79 Å². The van der Waals surface area contributed by atoms with Crippen molar-refractivity contribution >= 4 is 23.4 Å². The molecule has 0 atom stereocenters. The summed E-state index contributed by atoms with van der Waals surface area (Å²) in [5, 5.41) is 16.0. The van der Waals surface area contributed by atoms with Gasteiger partial charge >= 0.3 is 5.97 Å². The third kappa shape index (κ3) is 4.90. The van der Waals surface area contributed by atoms with Crippen molar-refractivity contribution in [2.24, 2.45) is 0 Å². The number of phenolic OH excluding ortho intramolecular Hbond substituents is 1. The molecule has 0 radical (unpaired) electrons. The lowest BCUT2D eigenvalue weighted by Crippen LogP contribution is -2.13. The Morgan fingerprint density at radius 3 is 2.59 bits per heavy atom. The normalized spacial score (nSPS) is 10.3. The predicted molar refractivity (Wildman–Crippen MR) is 110 cm³/mol. The number of benzene rings is 2. The van der Waals surface area contributed by atoms with Crippen molar-refractivity contribution < 1.29 is 19.4 Å². The Labute approximate surface area is 168 Å². The zero-order valence-electron chi connectivity index (χ0n) is 16.1. The lowest BCUT2D eigenvalue weighted by atomic mass is 10.1. The van der Waals surface area contributed by atoms with E-state index in [2.05, 4.69) is 26.4 Å². The van der Waals surface area contributed by atoms with Gasteiger partial charge in [0.1, 0.15) is 11.4 Å². The van der Waals surface area contributed by atoms with Gasteiger partial charge in [-0.05, 0) is 36.8 Å². The van der Waals surface area contributed by atoms with Gasteiger partial charge in [0, 0.05) is 12.7 Å². The molecule has 0 bridgehead atoms. The summed E-state index contributed by atoms with van der Waals surface area (Å²) in [5.74, 6) is -0.861. The van der Waals surface area contributed by atoms with Gasteiger partial charge in [-0.25, -0.2) is 9.78 Å². The summed E-state index contributed by atoms with van der Waals surface area (Å²) in [4.78, 5) is 28.3. The number of hydrogen-bond acceptors (Lipinski definition) is 6. The number of nitrogens with zero attached hydrogens (tertiary/aromatic N) is 1. The lowest BCUT2D eigenvalue weighted by molar-refractivity contribution is 0.0597. The number of ether oxygens (including phenoxy) is 1. The lowest BCUT2D eigenvalue weighted by Gasteiger charge is -2.10. The monoisotopic (exact) mass is 391 g/mol. The van der Waals surface area contributed by atoms with Crippen LogP contribution in [0.1, 0.15) is 31.8 Å². The number of aryl methyl sites for hydroxylation is 1. The summed E-state index contributed by atoms with van der Waals surface area (Å²) in [6, 6.07) is 15.9. The van der Waals surface area contributed by atoms with E-state index in [-0.39, 0.29) is 17.0 Å². The minimum atomic E-state index is -0.690. The van der Waals surface area contributed by atoms with E-state index in [9.17, 15) is 14.7 Å². The van der Waals surface area contributed by atoms with Gasteiger partial charge in [0.2, 0.25) is 0 Å². The third-order valence-corrected chi connectivity index (χ3v) is 4.27. The molecule has 1 heterocycles. The molecule has 0 unspecified atom stereocenters. The molecule has 1 aromatic heterocycles. The van der Waals surface area contributed by atoms with Crippen molar-refractivity contribution in [3.05, 3.63) is 83.0 Å². The van der Waals surface area contributed by atoms with Crippen LogP contribution in [0, 0.1) is 6.92 Å². The highest BCUT2D eigenvalue weighted by Gasteiger charge is 2.16. The minimum Gasteiger partial charge on any atom is -0.505 e. The Bertz CT molecular complexity index is 1030. The molecule has 29 heavy (non-hydrogen) atoms. The molecule has 2 aromatic carbocycles. The molecule has 3 N–H and O–H groups in total. The first-order valence-electron chi connectivity index (χ1n) is 8.95. The molecule has 3 aromatic rings. The number of esters is 1. The number of anilines is 2. The number of para-hydroxylation sites is 1. The van der Waals surface area contributed by atoms with E-state index < -0.39 is 11.9 Å². The Morgan fingerprint density at radius 1 is 1.10 bits per heavy atom. The molecule has 0 fully saturated rings. The molecular weight excluding hydrogens is 370 g/mol. The second-order valence-corrected chi connectivity index (χ2v) is 6.42. The smallest absolute Gasteiger partial charge is 0.341 e. The van der Waals surface area contributed by atoms with Crippen molar-refractivity contribution in [3.63, 3.8) is 0 Å². The van der Waals surface area contributed by atoms with E-state index in [1.54, 1.807) is 12.1 Å². The van der Waals surface area contributed by atoms with Crippen LogP contribution in [0.25, 0.3) is 0 Å². The molecule has 3 rings (SSSR count). The van der Waals surface area contributed by atoms with Crippen LogP contribution in [0.4, 0.5) is 11.5 Å². The third-order valence-electron chi connectivity index (χ3n) is 4.27. The van der Waals surface area contributed by atoms with Crippen LogP contribution >= 0.6 is 0 Å². The molecular formula is C22H21N3O4. The number of aromatic nitrogens is 1. The van der Waals surface area contributed by atoms with E-state index in [1.807, 2.05) is 25.1 Å². The number of amides is 1. The number of hydrogen-bond donors (Lipinski definition) is 3. The molecule has 0 aliphatic rings. The average Bonchev–Trinajstić information content (AvgIpc) is 2.73. The highest BCUT2D eigenvalue weighted by atomic mass is 16.5. The van der Waals surface area contributed by atoms with Crippen LogP contribution in [0.2, 0.25) is 0 Å². The summed E-state index contributed by atoms with van der Waals surface area (Å²) in [6.45, 7) is 2.65. The van der Waals surface area contributed by atoms with Crippen LogP contribution in [-0.2, 0) is 11.3 Å². The minimum absolute atomic E-state index is 0.0286. The zero-order valence-corrected chi connectivity index (χ0v) is 16.1. The van der Waals surface area contributed by atoms with Gasteiger partial charge in [0.15, 0.2) is 5.75 Å². The van der Waals surface area contributed by atoms with Gasteiger partial charge in [0.25, 0.3) is 5.91 Å². The van der Waals surface area contributed by atoms with Crippen molar-refractivity contribution in [2.45, 2.75) is 13.5 Å². The van der Waals surface area contributed by atoms with Crippen LogP contribution in [0.3, 0.4) is 0 Å². The molecule has 0 saturated carbocycles. The first-order chi connectivity index (χ1) is 14.0. The number of phenols is 1. The molecule has 0 aliphatic heterocycles. The number of rotatable bonds is 6. The summed E-state index contributed by atoms with van der Waals surface area (Å²) in [6.07, 6.45) is 1.44. The number of nitrogens with one attached hydrogen (secondary N) is 2. The van der Waals surface area contributed by atoms with Crippen LogP contribution in [0.15, 0.2) is 60.8 Å². The van der Waals surface area contributed by atoms with Gasteiger partial charge in [-0.15, -0.1) is 0 Å². The van der Waals surface area contributed by atoms with E-state index >= 15 is 0 Å². The second-order valence-electron chi connectivity index (χ2n) is 6.42. The average molecular weight is 391 g/mol. The topological polar surface area (TPSA) is 101 Å². The van der Waals surface area contributed by atoms with Crippen molar-refractivity contribution in [1.82, 2.24) is 4.98 Å². The predicted octanol–water partition coefficient (Wildman–Crippen LogP) is 3.75. The van der Waals surface area contributed by atoms with Gasteiger partial charge < -0.3 is 20.5 Å². The number of aromatic hydroxyl groups is 1. The number of pyridine rings is 1. The summed E-state index contributed by atoms with van der Waals surface area (Å²) < 4.78 is 4.61. The summed E-state index contributed by atoms with van der Waals surface area (Å²) in [7, 11) is 1.22. The maximum Gasteiger partial charge on any atom is 0.341 e. The first-order valence-corrected chi connectivity index (χ1v) is 8.95. The fraction of sp³-hybridized carbons (Fsp3) is 0.136. The highest BCUT2D eigenvalue weighted by molar-refractivity contribution is 6.06. The van der Waals surface area contributed by atoms with Gasteiger partial charge in [0.05, 0.1) is 18.4 Å². The number of carbonyl (C=O) groups excluding carboxylic acids is 2. The molecule has 7 heteroatoms. The maximum absolute atomic E-state index is 12.4. The molecule has 7 nitrogen and oxygen atoms in total. The molecule has 0 saturated heterocycles. The summed E-state index contributed by atoms with van der Waals surface area (Å²) in [5.41, 5.74) is 2.71. The van der Waals surface area contributed by atoms with E-state index in [0.717, 1.165) is 5.56 Å². The largest absolute Gasteiger partial charge is 0.505 e. The van der Waals surface area contributed by atoms with Crippen molar-refractivity contribution in [3.8, 4) is 5.75 Å².